The van der Waals surface area contributed by atoms with Gasteiger partial charge in [0, 0.05) is 0 Å². The number of nitrogens with one attached hydrogen (secondary N) is 2. The summed E-state index contributed by atoms with van der Waals surface area (Å²) in [5.74, 6) is 0.926. The highest BCUT2D eigenvalue weighted by atomic mass is 32.1. The van der Waals surface area contributed by atoms with E-state index < -0.39 is 0 Å². The summed E-state index contributed by atoms with van der Waals surface area (Å²) in [5.41, 5.74) is 2.22. The van der Waals surface area contributed by atoms with E-state index in [-0.39, 0.29) is 12.1 Å². The molecule has 1 aliphatic heterocycles. The summed E-state index contributed by atoms with van der Waals surface area (Å²) in [6.45, 7) is 2.47. The maximum atomic E-state index is 12.0. The lowest BCUT2D eigenvalue weighted by Crippen LogP contribution is -2.44. The average Bonchev–Trinajstić information content (AvgIpc) is 2.95. The van der Waals surface area contributed by atoms with Crippen LogP contribution in [0.15, 0.2) is 18.2 Å². The third kappa shape index (κ3) is 3.11. The standard InChI is InChI=1S/C14H16N4O3S/c1-8-4-3-5-9-6-10(7-21-11(8)9)15-12(19)16-13-17-18-14(20-2)22-13/h3-5,10H,6-7H2,1-2H3,(H2,15,16,17,19). The van der Waals surface area contributed by atoms with E-state index in [4.69, 9.17) is 9.47 Å². The first-order chi connectivity index (χ1) is 10.7. The molecule has 2 amide bonds. The van der Waals surface area contributed by atoms with Crippen molar-refractivity contribution in [2.75, 3.05) is 19.0 Å². The number of amides is 2. The third-order valence-electron chi connectivity index (χ3n) is 3.33. The number of fused-ring (bicyclic) bond motifs is 1. The summed E-state index contributed by atoms with van der Waals surface area (Å²) in [6.07, 6.45) is 0.740. The van der Waals surface area contributed by atoms with Crippen molar-refractivity contribution < 1.29 is 14.3 Å². The summed E-state index contributed by atoms with van der Waals surface area (Å²) in [4.78, 5) is 12.0. The quantitative estimate of drug-likeness (QED) is 0.903. The molecule has 0 saturated heterocycles. The molecular formula is C14H16N4O3S. The molecule has 0 aliphatic carbocycles. The number of para-hydroxylation sites is 1. The fourth-order valence-electron chi connectivity index (χ4n) is 2.34. The minimum atomic E-state index is -0.330. The van der Waals surface area contributed by atoms with Crippen LogP contribution in [0.1, 0.15) is 11.1 Å². The highest BCUT2D eigenvalue weighted by Gasteiger charge is 2.22. The van der Waals surface area contributed by atoms with Crippen LogP contribution in [0.3, 0.4) is 0 Å². The van der Waals surface area contributed by atoms with Gasteiger partial charge in [-0.05, 0) is 35.8 Å². The number of methoxy groups -OCH3 is 1. The van der Waals surface area contributed by atoms with Gasteiger partial charge in [0.05, 0.1) is 13.2 Å². The molecule has 8 heteroatoms. The second kappa shape index (κ2) is 6.18. The van der Waals surface area contributed by atoms with Crippen LogP contribution in [-0.2, 0) is 6.42 Å². The van der Waals surface area contributed by atoms with Gasteiger partial charge >= 0.3 is 6.03 Å². The van der Waals surface area contributed by atoms with Crippen molar-refractivity contribution in [2.45, 2.75) is 19.4 Å². The number of rotatable bonds is 3. The molecule has 116 valence electrons. The molecule has 2 aromatic rings. The van der Waals surface area contributed by atoms with Crippen molar-refractivity contribution in [3.05, 3.63) is 29.3 Å². The number of hydrogen-bond acceptors (Lipinski definition) is 6. The van der Waals surface area contributed by atoms with Crippen LogP contribution in [0.2, 0.25) is 0 Å². The maximum absolute atomic E-state index is 12.0. The first-order valence-electron chi connectivity index (χ1n) is 6.82. The van der Waals surface area contributed by atoms with Gasteiger partial charge in [-0.25, -0.2) is 4.79 Å². The van der Waals surface area contributed by atoms with Crippen molar-refractivity contribution in [1.82, 2.24) is 15.5 Å². The van der Waals surface area contributed by atoms with Crippen molar-refractivity contribution in [1.29, 1.82) is 0 Å². The smallest absolute Gasteiger partial charge is 0.321 e. The van der Waals surface area contributed by atoms with Crippen LogP contribution in [0, 0.1) is 6.92 Å². The normalized spacial score (nSPS) is 16.4. The van der Waals surface area contributed by atoms with Crippen LogP contribution in [0.25, 0.3) is 0 Å². The molecular weight excluding hydrogens is 304 g/mol. The van der Waals surface area contributed by atoms with Gasteiger partial charge in [0.15, 0.2) is 0 Å². The summed E-state index contributed by atoms with van der Waals surface area (Å²) in [5, 5.41) is 13.9. The predicted octanol–water partition coefficient (Wildman–Crippen LogP) is 1.98. The van der Waals surface area contributed by atoms with Gasteiger partial charge in [0.1, 0.15) is 12.4 Å². The van der Waals surface area contributed by atoms with Crippen LogP contribution in [0.4, 0.5) is 9.93 Å². The van der Waals surface area contributed by atoms with E-state index in [1.54, 1.807) is 0 Å². The highest BCUT2D eigenvalue weighted by Crippen LogP contribution is 2.28. The van der Waals surface area contributed by atoms with Gasteiger partial charge in [-0.3, -0.25) is 5.32 Å². The van der Waals surface area contributed by atoms with Gasteiger partial charge in [-0.15, -0.1) is 5.10 Å². The Bertz CT molecular complexity index is 688. The van der Waals surface area contributed by atoms with Gasteiger partial charge in [0.2, 0.25) is 5.13 Å². The number of benzene rings is 1. The zero-order chi connectivity index (χ0) is 15.5. The van der Waals surface area contributed by atoms with E-state index in [2.05, 4.69) is 20.8 Å². The molecule has 2 N–H and O–H groups in total. The average molecular weight is 320 g/mol. The number of anilines is 1. The Morgan fingerprint density at radius 2 is 2.32 bits per heavy atom. The number of ether oxygens (including phenoxy) is 2. The second-order valence-electron chi connectivity index (χ2n) is 4.95. The van der Waals surface area contributed by atoms with Crippen molar-refractivity contribution in [2.24, 2.45) is 0 Å². The molecule has 1 atom stereocenters. The van der Waals surface area contributed by atoms with Gasteiger partial charge in [0.25, 0.3) is 5.19 Å². The number of aryl methyl sites for hydroxylation is 1. The Hall–Kier alpha value is -2.35. The number of aromatic nitrogens is 2. The molecule has 0 fully saturated rings. The lowest BCUT2D eigenvalue weighted by atomic mass is 10.0. The lowest BCUT2D eigenvalue weighted by Gasteiger charge is -2.27. The first-order valence-corrected chi connectivity index (χ1v) is 7.63. The van der Waals surface area contributed by atoms with Crippen LogP contribution in [-0.4, -0.2) is 36.0 Å². The van der Waals surface area contributed by atoms with E-state index in [0.29, 0.717) is 16.9 Å². The predicted molar refractivity (Wildman–Crippen MR) is 82.8 cm³/mol. The molecule has 0 saturated carbocycles. The Kier molecular flexibility index (Phi) is 4.10. The number of hydrogen-bond donors (Lipinski definition) is 2. The molecule has 7 nitrogen and oxygen atoms in total. The summed E-state index contributed by atoms with van der Waals surface area (Å²) < 4.78 is 10.7. The highest BCUT2D eigenvalue weighted by molar-refractivity contribution is 7.17. The molecule has 22 heavy (non-hydrogen) atoms. The fraction of sp³-hybridized carbons (Fsp3) is 0.357. The third-order valence-corrected chi connectivity index (χ3v) is 4.13. The van der Waals surface area contributed by atoms with E-state index in [0.717, 1.165) is 23.3 Å². The molecule has 1 aromatic carbocycles. The minimum Gasteiger partial charge on any atom is -0.491 e. The fourth-order valence-corrected chi connectivity index (χ4v) is 2.90. The monoisotopic (exact) mass is 320 g/mol. The lowest BCUT2D eigenvalue weighted by molar-refractivity contribution is 0.222. The topological polar surface area (TPSA) is 85.4 Å². The molecule has 1 aromatic heterocycles. The van der Waals surface area contributed by atoms with Crippen LogP contribution in [0.5, 0.6) is 10.9 Å². The Balaban J connectivity index is 1.59. The largest absolute Gasteiger partial charge is 0.491 e. The summed E-state index contributed by atoms with van der Waals surface area (Å²) in [6, 6.07) is 5.62. The zero-order valence-corrected chi connectivity index (χ0v) is 13.1. The molecule has 3 rings (SSSR count). The molecule has 2 heterocycles. The molecule has 0 bridgehead atoms. The number of carbonyl (C=O) groups excluding carboxylic acids is 1. The zero-order valence-electron chi connectivity index (χ0n) is 12.3. The summed E-state index contributed by atoms with van der Waals surface area (Å²) in [7, 11) is 1.50. The van der Waals surface area contributed by atoms with Gasteiger partial charge < -0.3 is 14.8 Å². The summed E-state index contributed by atoms with van der Waals surface area (Å²) >= 11 is 1.17. The SMILES string of the molecule is COc1nnc(NC(=O)NC2COc3c(C)cccc3C2)s1. The number of urea groups is 1. The molecule has 0 radical (unpaired) electrons. The van der Waals surface area contributed by atoms with Crippen LogP contribution >= 0.6 is 11.3 Å². The van der Waals surface area contributed by atoms with Crippen molar-refractivity contribution in [3.63, 3.8) is 0 Å². The van der Waals surface area contributed by atoms with E-state index in [9.17, 15) is 4.79 Å². The number of nitrogens with zero attached hydrogens (tertiary/aromatic N) is 2. The maximum Gasteiger partial charge on any atom is 0.321 e. The van der Waals surface area contributed by atoms with E-state index in [1.807, 2.05) is 25.1 Å². The molecule has 1 aliphatic rings. The first kappa shape index (κ1) is 14.6. The van der Waals surface area contributed by atoms with Gasteiger partial charge in [-0.1, -0.05) is 23.3 Å². The van der Waals surface area contributed by atoms with Crippen molar-refractivity contribution in [3.8, 4) is 10.9 Å². The van der Waals surface area contributed by atoms with Gasteiger partial charge in [-0.2, -0.15) is 0 Å². The van der Waals surface area contributed by atoms with E-state index >= 15 is 0 Å². The van der Waals surface area contributed by atoms with Crippen LogP contribution < -0.4 is 20.1 Å². The minimum absolute atomic E-state index is 0.0795. The Morgan fingerprint density at radius 1 is 1.45 bits per heavy atom. The Labute approximate surface area is 131 Å². The second-order valence-corrected chi connectivity index (χ2v) is 5.89. The molecule has 0 spiro atoms. The Morgan fingerprint density at radius 3 is 3.09 bits per heavy atom. The molecule has 1 unspecified atom stereocenters. The van der Waals surface area contributed by atoms with Crippen molar-refractivity contribution >= 4 is 22.5 Å². The number of carbonyl (C=O) groups is 1. The van der Waals surface area contributed by atoms with E-state index in [1.165, 1.54) is 18.4 Å².